The van der Waals surface area contributed by atoms with E-state index < -0.39 is 12.1 Å². The molecule has 1 aliphatic rings. The maximum atomic E-state index is 11.1. The highest BCUT2D eigenvalue weighted by Crippen LogP contribution is 2.28. The lowest BCUT2D eigenvalue weighted by Gasteiger charge is -2.32. The number of carboxylic acids is 1. The first-order valence-electron chi connectivity index (χ1n) is 6.71. The van der Waals surface area contributed by atoms with Crippen molar-refractivity contribution < 1.29 is 19.4 Å². The van der Waals surface area contributed by atoms with E-state index in [-0.39, 0.29) is 0 Å². The summed E-state index contributed by atoms with van der Waals surface area (Å²) in [5.41, 5.74) is 0. The summed E-state index contributed by atoms with van der Waals surface area (Å²) in [7, 11) is 1.63. The van der Waals surface area contributed by atoms with Gasteiger partial charge in [0, 0.05) is 18.1 Å². The van der Waals surface area contributed by atoms with Gasteiger partial charge in [0.25, 0.3) is 0 Å². The maximum absolute atomic E-state index is 11.1. The summed E-state index contributed by atoms with van der Waals surface area (Å²) in [4.78, 5) is 17.5. The van der Waals surface area contributed by atoms with E-state index >= 15 is 0 Å². The predicted octanol–water partition coefficient (Wildman–Crippen LogP) is 1.53. The molecule has 21 heavy (non-hydrogen) atoms. The molecule has 0 spiro atoms. The molecule has 3 rings (SSSR count). The zero-order chi connectivity index (χ0) is 14.8. The second-order valence-corrected chi connectivity index (χ2v) is 4.87. The molecule has 6 nitrogen and oxygen atoms in total. The topological polar surface area (TPSA) is 71.9 Å². The highest BCUT2D eigenvalue weighted by Gasteiger charge is 2.27. The molecular weight excluding hydrogens is 272 g/mol. The average Bonchev–Trinajstić information content (AvgIpc) is 2.53. The van der Waals surface area contributed by atoms with Gasteiger partial charge in [-0.05, 0) is 29.7 Å². The zero-order valence-electron chi connectivity index (χ0n) is 11.7. The lowest BCUT2D eigenvalue weighted by atomic mass is 10.1. The lowest BCUT2D eigenvalue weighted by Crippen LogP contribution is -2.46. The number of morpholine rings is 1. The van der Waals surface area contributed by atoms with Gasteiger partial charge in [-0.25, -0.2) is 9.78 Å². The Bertz CT molecular complexity index is 674. The number of rotatable bonds is 3. The van der Waals surface area contributed by atoms with E-state index in [9.17, 15) is 4.79 Å². The van der Waals surface area contributed by atoms with Crippen molar-refractivity contribution >= 4 is 22.6 Å². The van der Waals surface area contributed by atoms with Crippen molar-refractivity contribution in [2.45, 2.75) is 6.10 Å². The fourth-order valence-corrected chi connectivity index (χ4v) is 2.51. The molecular formula is C15H16N2O4. The summed E-state index contributed by atoms with van der Waals surface area (Å²) < 4.78 is 10.5. The van der Waals surface area contributed by atoms with Gasteiger partial charge in [0.05, 0.1) is 20.3 Å². The Labute approximate surface area is 121 Å². The zero-order valence-corrected chi connectivity index (χ0v) is 11.7. The number of benzene rings is 1. The van der Waals surface area contributed by atoms with E-state index in [4.69, 9.17) is 14.6 Å². The molecule has 1 N–H and O–H groups in total. The summed E-state index contributed by atoms with van der Waals surface area (Å²) >= 11 is 0. The first kappa shape index (κ1) is 13.6. The van der Waals surface area contributed by atoms with Crippen molar-refractivity contribution in [1.82, 2.24) is 4.98 Å². The van der Waals surface area contributed by atoms with Crippen LogP contribution in [0, 0.1) is 0 Å². The summed E-state index contributed by atoms with van der Waals surface area (Å²) in [5.74, 6) is 0.622. The molecule has 110 valence electrons. The molecule has 1 aromatic carbocycles. The molecule has 1 saturated heterocycles. The number of fused-ring (bicyclic) bond motifs is 1. The number of hydrogen-bond acceptors (Lipinski definition) is 5. The van der Waals surface area contributed by atoms with Crippen LogP contribution in [0.5, 0.6) is 5.75 Å². The fraction of sp³-hybridized carbons (Fsp3) is 0.333. The smallest absolute Gasteiger partial charge is 0.334 e. The standard InChI is InChI=1S/C15H16N2O4/c1-20-11-2-3-12-10(8-11)4-5-16-14(12)17-6-7-21-13(9-17)15(18)19/h2-5,8,13H,6-7,9H2,1H3,(H,18,19). The summed E-state index contributed by atoms with van der Waals surface area (Å²) in [6.07, 6.45) is 0.913. The Balaban J connectivity index is 1.98. The van der Waals surface area contributed by atoms with Crippen molar-refractivity contribution in [3.05, 3.63) is 30.5 Å². The first-order valence-corrected chi connectivity index (χ1v) is 6.71. The van der Waals surface area contributed by atoms with Gasteiger partial charge >= 0.3 is 5.97 Å². The number of carbonyl (C=O) groups is 1. The van der Waals surface area contributed by atoms with Crippen molar-refractivity contribution in [3.8, 4) is 5.75 Å². The van der Waals surface area contributed by atoms with E-state index in [1.165, 1.54) is 0 Å². The molecule has 1 atom stereocenters. The number of carboxylic acid groups (broad SMARTS) is 1. The lowest BCUT2D eigenvalue weighted by molar-refractivity contribution is -0.150. The Hall–Kier alpha value is -2.34. The molecule has 0 amide bonds. The van der Waals surface area contributed by atoms with E-state index in [2.05, 4.69) is 4.98 Å². The fourth-order valence-electron chi connectivity index (χ4n) is 2.51. The van der Waals surface area contributed by atoms with Gasteiger partial charge in [0.1, 0.15) is 11.6 Å². The summed E-state index contributed by atoms with van der Waals surface area (Å²) in [6, 6.07) is 7.68. The number of nitrogens with zero attached hydrogens (tertiary/aromatic N) is 2. The third-order valence-electron chi connectivity index (χ3n) is 3.59. The quantitative estimate of drug-likeness (QED) is 0.923. The van der Waals surface area contributed by atoms with Gasteiger partial charge in [0.15, 0.2) is 6.10 Å². The minimum Gasteiger partial charge on any atom is -0.497 e. The predicted molar refractivity (Wildman–Crippen MR) is 77.9 cm³/mol. The second-order valence-electron chi connectivity index (χ2n) is 4.87. The Morgan fingerprint density at radius 3 is 3.10 bits per heavy atom. The third-order valence-corrected chi connectivity index (χ3v) is 3.59. The van der Waals surface area contributed by atoms with Gasteiger partial charge in [-0.15, -0.1) is 0 Å². The number of anilines is 1. The normalized spacial score (nSPS) is 18.7. The third kappa shape index (κ3) is 2.62. The number of hydrogen-bond donors (Lipinski definition) is 1. The van der Waals surface area contributed by atoms with Gasteiger partial charge < -0.3 is 19.5 Å². The molecule has 1 unspecified atom stereocenters. The van der Waals surface area contributed by atoms with Crippen LogP contribution < -0.4 is 9.64 Å². The summed E-state index contributed by atoms with van der Waals surface area (Å²) in [5, 5.41) is 11.1. The Morgan fingerprint density at radius 1 is 1.48 bits per heavy atom. The number of pyridine rings is 1. The molecule has 1 fully saturated rings. The van der Waals surface area contributed by atoms with E-state index in [1.54, 1.807) is 13.3 Å². The van der Waals surface area contributed by atoms with Crippen LogP contribution >= 0.6 is 0 Å². The van der Waals surface area contributed by atoms with Crippen LogP contribution in [0.25, 0.3) is 10.8 Å². The molecule has 0 saturated carbocycles. The number of aromatic nitrogens is 1. The van der Waals surface area contributed by atoms with Crippen molar-refractivity contribution in [1.29, 1.82) is 0 Å². The highest BCUT2D eigenvalue weighted by molar-refractivity contribution is 5.93. The Morgan fingerprint density at radius 2 is 2.33 bits per heavy atom. The molecule has 2 aromatic rings. The van der Waals surface area contributed by atoms with Gasteiger partial charge in [-0.3, -0.25) is 0 Å². The second kappa shape index (κ2) is 5.57. The maximum Gasteiger partial charge on any atom is 0.334 e. The van der Waals surface area contributed by atoms with Crippen LogP contribution in [0.1, 0.15) is 0 Å². The Kier molecular flexibility index (Phi) is 3.62. The molecule has 0 bridgehead atoms. The van der Waals surface area contributed by atoms with Gasteiger partial charge in [-0.1, -0.05) is 0 Å². The van der Waals surface area contributed by atoms with Crippen molar-refractivity contribution in [2.24, 2.45) is 0 Å². The molecule has 2 heterocycles. The van der Waals surface area contributed by atoms with Crippen LogP contribution in [-0.4, -0.2) is 49.0 Å². The van der Waals surface area contributed by atoms with Crippen LogP contribution in [0.2, 0.25) is 0 Å². The highest BCUT2D eigenvalue weighted by atomic mass is 16.5. The van der Waals surface area contributed by atoms with E-state index in [0.29, 0.717) is 19.7 Å². The van der Waals surface area contributed by atoms with Gasteiger partial charge in [-0.2, -0.15) is 0 Å². The van der Waals surface area contributed by atoms with Crippen molar-refractivity contribution in [2.75, 3.05) is 31.7 Å². The van der Waals surface area contributed by atoms with Crippen LogP contribution in [-0.2, 0) is 9.53 Å². The van der Waals surface area contributed by atoms with Crippen LogP contribution in [0.3, 0.4) is 0 Å². The number of ether oxygens (including phenoxy) is 2. The molecule has 0 radical (unpaired) electrons. The average molecular weight is 288 g/mol. The number of aliphatic carboxylic acids is 1. The minimum atomic E-state index is -0.943. The minimum absolute atomic E-state index is 0.299. The molecule has 6 heteroatoms. The monoisotopic (exact) mass is 288 g/mol. The van der Waals surface area contributed by atoms with Crippen LogP contribution in [0.4, 0.5) is 5.82 Å². The van der Waals surface area contributed by atoms with Crippen LogP contribution in [0.15, 0.2) is 30.5 Å². The first-order chi connectivity index (χ1) is 10.2. The molecule has 0 aliphatic carbocycles. The largest absolute Gasteiger partial charge is 0.497 e. The molecule has 1 aliphatic heterocycles. The van der Waals surface area contributed by atoms with E-state index in [0.717, 1.165) is 22.3 Å². The van der Waals surface area contributed by atoms with Gasteiger partial charge in [0.2, 0.25) is 0 Å². The van der Waals surface area contributed by atoms with E-state index in [1.807, 2.05) is 29.2 Å². The molecule has 1 aromatic heterocycles. The summed E-state index contributed by atoms with van der Waals surface area (Å²) in [6.45, 7) is 1.31. The number of methoxy groups -OCH3 is 1. The SMILES string of the molecule is COc1ccc2c(N3CCOC(C(=O)O)C3)nccc2c1. The van der Waals surface area contributed by atoms with Crippen molar-refractivity contribution in [3.63, 3.8) is 0 Å².